The van der Waals surface area contributed by atoms with Crippen LogP contribution in [0, 0.1) is 5.92 Å². The number of fused-ring (bicyclic) bond motifs is 3. The van der Waals surface area contributed by atoms with E-state index in [9.17, 15) is 5.11 Å². The van der Waals surface area contributed by atoms with Crippen molar-refractivity contribution in [2.24, 2.45) is 5.92 Å². The van der Waals surface area contributed by atoms with Crippen LogP contribution < -0.4 is 5.32 Å². The standard InChI is InChI=1S/C18H18ClNO2/c19-12-8-6-11(7-9-12)16-13-4-2-10-22-18(13)14-3-1-5-15(21)17(14)20-16/h1,3,5-9,13,16,18,20-21H,2,4,10H2/t13-,16-,18-/m1/s1. The number of halogens is 1. The van der Waals surface area contributed by atoms with Crippen LogP contribution in [-0.2, 0) is 4.74 Å². The third-order valence-electron chi connectivity index (χ3n) is 4.71. The zero-order chi connectivity index (χ0) is 15.1. The summed E-state index contributed by atoms with van der Waals surface area (Å²) in [5, 5.41) is 14.5. The molecule has 4 rings (SSSR count). The van der Waals surface area contributed by atoms with E-state index in [1.54, 1.807) is 6.07 Å². The molecule has 2 aliphatic rings. The van der Waals surface area contributed by atoms with Crippen molar-refractivity contribution in [3.05, 3.63) is 58.6 Å². The number of rotatable bonds is 1. The van der Waals surface area contributed by atoms with Gasteiger partial charge in [-0.05, 0) is 36.6 Å². The maximum absolute atomic E-state index is 10.2. The predicted molar refractivity (Wildman–Crippen MR) is 87.3 cm³/mol. The second-order valence-corrected chi connectivity index (χ2v) is 6.45. The van der Waals surface area contributed by atoms with E-state index < -0.39 is 0 Å². The van der Waals surface area contributed by atoms with Crippen molar-refractivity contribution in [3.8, 4) is 5.75 Å². The van der Waals surface area contributed by atoms with E-state index >= 15 is 0 Å². The summed E-state index contributed by atoms with van der Waals surface area (Å²) < 4.78 is 6.06. The van der Waals surface area contributed by atoms with Crippen LogP contribution >= 0.6 is 11.6 Å². The number of phenols is 1. The minimum absolute atomic E-state index is 0.0396. The van der Waals surface area contributed by atoms with Crippen LogP contribution in [-0.4, -0.2) is 11.7 Å². The number of benzene rings is 2. The quantitative estimate of drug-likeness (QED) is 0.751. The van der Waals surface area contributed by atoms with E-state index in [0.717, 1.165) is 35.7 Å². The number of anilines is 1. The molecule has 22 heavy (non-hydrogen) atoms. The molecular formula is C18H18ClNO2. The average molecular weight is 316 g/mol. The molecule has 0 amide bonds. The molecule has 4 heteroatoms. The van der Waals surface area contributed by atoms with E-state index in [0.29, 0.717) is 5.92 Å². The van der Waals surface area contributed by atoms with Gasteiger partial charge in [-0.25, -0.2) is 0 Å². The van der Waals surface area contributed by atoms with Crippen molar-refractivity contribution in [2.45, 2.75) is 25.0 Å². The van der Waals surface area contributed by atoms with Crippen LogP contribution in [0.2, 0.25) is 5.02 Å². The summed E-state index contributed by atoms with van der Waals surface area (Å²) in [4.78, 5) is 0. The molecule has 1 fully saturated rings. The Kier molecular flexibility index (Phi) is 3.47. The molecule has 2 aromatic rings. The van der Waals surface area contributed by atoms with Crippen LogP contribution in [0.4, 0.5) is 5.69 Å². The molecule has 0 unspecified atom stereocenters. The highest BCUT2D eigenvalue weighted by Gasteiger charge is 2.40. The Morgan fingerprint density at radius 1 is 1.14 bits per heavy atom. The second-order valence-electron chi connectivity index (χ2n) is 6.01. The Morgan fingerprint density at radius 3 is 2.77 bits per heavy atom. The zero-order valence-electron chi connectivity index (χ0n) is 12.1. The third kappa shape index (κ3) is 2.25. The SMILES string of the molecule is Oc1cccc2c1N[C@H](c1ccc(Cl)cc1)[C@H]1CCCO[C@@H]21. The highest BCUT2D eigenvalue weighted by Crippen LogP contribution is 2.51. The molecule has 3 nitrogen and oxygen atoms in total. The van der Waals surface area contributed by atoms with E-state index in [-0.39, 0.29) is 17.9 Å². The summed E-state index contributed by atoms with van der Waals surface area (Å²) in [6.45, 7) is 0.781. The van der Waals surface area contributed by atoms with Crippen LogP contribution in [0.5, 0.6) is 5.75 Å². The number of hydrogen-bond donors (Lipinski definition) is 2. The first-order chi connectivity index (χ1) is 10.7. The Hall–Kier alpha value is -1.71. The Balaban J connectivity index is 1.79. The smallest absolute Gasteiger partial charge is 0.139 e. The highest BCUT2D eigenvalue weighted by molar-refractivity contribution is 6.30. The van der Waals surface area contributed by atoms with Gasteiger partial charge in [-0.15, -0.1) is 0 Å². The van der Waals surface area contributed by atoms with Crippen molar-refractivity contribution < 1.29 is 9.84 Å². The molecule has 2 aromatic carbocycles. The van der Waals surface area contributed by atoms with Crippen molar-refractivity contribution in [1.82, 2.24) is 0 Å². The molecular weight excluding hydrogens is 298 g/mol. The van der Waals surface area contributed by atoms with Crippen molar-refractivity contribution in [1.29, 1.82) is 0 Å². The second kappa shape index (κ2) is 5.49. The van der Waals surface area contributed by atoms with E-state index in [1.807, 2.05) is 24.3 Å². The molecule has 114 valence electrons. The summed E-state index contributed by atoms with van der Waals surface area (Å²) in [7, 11) is 0. The first-order valence-electron chi connectivity index (χ1n) is 7.69. The molecule has 0 spiro atoms. The molecule has 0 bridgehead atoms. The van der Waals surface area contributed by atoms with Crippen molar-refractivity contribution in [3.63, 3.8) is 0 Å². The normalized spacial score (nSPS) is 26.7. The summed E-state index contributed by atoms with van der Waals surface area (Å²) >= 11 is 6.01. The van der Waals surface area contributed by atoms with Gasteiger partial charge in [0.15, 0.2) is 0 Å². The summed E-state index contributed by atoms with van der Waals surface area (Å²) in [6, 6.07) is 13.7. The molecule has 2 aliphatic heterocycles. The highest BCUT2D eigenvalue weighted by atomic mass is 35.5. The summed E-state index contributed by atoms with van der Waals surface area (Å²) in [5.41, 5.74) is 3.04. The maximum atomic E-state index is 10.2. The number of para-hydroxylation sites is 1. The van der Waals surface area contributed by atoms with Crippen LogP contribution in [0.3, 0.4) is 0 Å². The topological polar surface area (TPSA) is 41.5 Å². The van der Waals surface area contributed by atoms with Crippen molar-refractivity contribution in [2.75, 3.05) is 11.9 Å². The van der Waals surface area contributed by atoms with Gasteiger partial charge in [-0.2, -0.15) is 0 Å². The molecule has 3 atom stereocenters. The first-order valence-corrected chi connectivity index (χ1v) is 8.07. The van der Waals surface area contributed by atoms with Gasteiger partial charge in [0.2, 0.25) is 0 Å². The van der Waals surface area contributed by atoms with E-state index in [1.165, 1.54) is 5.56 Å². The van der Waals surface area contributed by atoms with Crippen LogP contribution in [0.25, 0.3) is 0 Å². The minimum Gasteiger partial charge on any atom is -0.506 e. The van der Waals surface area contributed by atoms with Gasteiger partial charge in [-0.1, -0.05) is 35.9 Å². The maximum Gasteiger partial charge on any atom is 0.139 e. The lowest BCUT2D eigenvalue weighted by Crippen LogP contribution is -2.35. The lowest BCUT2D eigenvalue weighted by atomic mass is 9.77. The molecule has 0 aliphatic carbocycles. The van der Waals surface area contributed by atoms with Gasteiger partial charge in [0.05, 0.1) is 17.8 Å². The minimum atomic E-state index is 0.0396. The number of ether oxygens (including phenoxy) is 1. The fraction of sp³-hybridized carbons (Fsp3) is 0.333. The van der Waals surface area contributed by atoms with Gasteiger partial charge < -0.3 is 15.2 Å². The molecule has 0 radical (unpaired) electrons. The van der Waals surface area contributed by atoms with Crippen molar-refractivity contribution >= 4 is 17.3 Å². The first kappa shape index (κ1) is 13.9. The lowest BCUT2D eigenvalue weighted by Gasteiger charge is -2.43. The largest absolute Gasteiger partial charge is 0.506 e. The predicted octanol–water partition coefficient (Wildman–Crippen LogP) is 4.68. The van der Waals surface area contributed by atoms with Gasteiger partial charge in [0.1, 0.15) is 5.75 Å². The molecule has 0 aromatic heterocycles. The summed E-state index contributed by atoms with van der Waals surface area (Å²) in [5.74, 6) is 0.647. The van der Waals surface area contributed by atoms with Gasteiger partial charge in [-0.3, -0.25) is 0 Å². The number of phenolic OH excluding ortho intramolecular Hbond substituents is 1. The average Bonchev–Trinajstić information content (AvgIpc) is 2.55. The van der Waals surface area contributed by atoms with E-state index in [4.69, 9.17) is 16.3 Å². The molecule has 2 heterocycles. The Bertz CT molecular complexity index is 686. The monoisotopic (exact) mass is 315 g/mol. The van der Waals surface area contributed by atoms with Crippen LogP contribution in [0.15, 0.2) is 42.5 Å². The summed E-state index contributed by atoms with van der Waals surface area (Å²) in [6.07, 6.45) is 2.22. The van der Waals surface area contributed by atoms with E-state index in [2.05, 4.69) is 17.4 Å². The lowest BCUT2D eigenvalue weighted by molar-refractivity contribution is -0.0382. The van der Waals surface area contributed by atoms with Gasteiger partial charge >= 0.3 is 0 Å². The number of nitrogens with one attached hydrogen (secondary N) is 1. The number of aromatic hydroxyl groups is 1. The van der Waals surface area contributed by atoms with Gasteiger partial charge in [0.25, 0.3) is 0 Å². The van der Waals surface area contributed by atoms with Crippen LogP contribution in [0.1, 0.15) is 36.1 Å². The Labute approximate surface area is 134 Å². The molecule has 1 saturated heterocycles. The third-order valence-corrected chi connectivity index (χ3v) is 4.96. The van der Waals surface area contributed by atoms with Gasteiger partial charge in [0, 0.05) is 23.1 Å². The number of hydrogen-bond acceptors (Lipinski definition) is 3. The fourth-order valence-electron chi connectivity index (χ4n) is 3.68. The fourth-order valence-corrected chi connectivity index (χ4v) is 3.81. The molecule has 0 saturated carbocycles. The zero-order valence-corrected chi connectivity index (χ0v) is 12.9. The Morgan fingerprint density at radius 2 is 1.95 bits per heavy atom. The molecule has 2 N–H and O–H groups in total.